The molecule has 240 valence electrons. The number of ether oxygens (including phenoxy) is 3. The minimum atomic E-state index is -0.488. The first-order chi connectivity index (χ1) is 23.0. The minimum Gasteiger partial charge on any atom is -0.497 e. The summed E-state index contributed by atoms with van der Waals surface area (Å²) in [5.41, 5.74) is 8.81. The summed E-state index contributed by atoms with van der Waals surface area (Å²) in [6.07, 6.45) is 5.70. The molecule has 0 amide bonds. The molecule has 0 fully saturated rings. The van der Waals surface area contributed by atoms with Crippen LogP contribution in [0.25, 0.3) is 0 Å². The minimum absolute atomic E-state index is 0.399. The first-order valence-corrected chi connectivity index (χ1v) is 18.0. The van der Waals surface area contributed by atoms with Crippen molar-refractivity contribution in [2.45, 2.75) is 62.7 Å². The fourth-order valence-corrected chi connectivity index (χ4v) is 8.16. The molecule has 0 bridgehead atoms. The van der Waals surface area contributed by atoms with Crippen molar-refractivity contribution in [3.05, 3.63) is 141 Å². The number of anilines is 1. The van der Waals surface area contributed by atoms with E-state index >= 15 is 0 Å². The zero-order chi connectivity index (χ0) is 32.2. The molecule has 1 spiro atoms. The van der Waals surface area contributed by atoms with Gasteiger partial charge in [-0.2, -0.15) is 4.98 Å². The van der Waals surface area contributed by atoms with Gasteiger partial charge in [-0.1, -0.05) is 90.6 Å². The molecule has 8 heteroatoms. The van der Waals surface area contributed by atoms with E-state index in [1.807, 2.05) is 30.5 Å². The highest BCUT2D eigenvalue weighted by Gasteiger charge is 2.44. The van der Waals surface area contributed by atoms with E-state index in [4.69, 9.17) is 24.2 Å². The van der Waals surface area contributed by atoms with Crippen LogP contribution in [0.15, 0.2) is 107 Å². The Bertz CT molecular complexity index is 1800. The smallest absolute Gasteiger partial charge is 0.223 e. The van der Waals surface area contributed by atoms with E-state index in [2.05, 4.69) is 93.6 Å². The van der Waals surface area contributed by atoms with Crippen molar-refractivity contribution in [2.75, 3.05) is 18.3 Å². The summed E-state index contributed by atoms with van der Waals surface area (Å²) >= 11 is 5.70. The van der Waals surface area contributed by atoms with Crippen LogP contribution in [0.5, 0.6) is 11.6 Å². The van der Waals surface area contributed by atoms with Crippen molar-refractivity contribution in [2.24, 2.45) is 0 Å². The van der Waals surface area contributed by atoms with E-state index in [-0.39, 0.29) is 0 Å². The zero-order valence-corrected chi connectivity index (χ0v) is 29.1. The maximum absolute atomic E-state index is 6.98. The number of nitrogens with zero attached hydrogens (tertiary/aromatic N) is 3. The van der Waals surface area contributed by atoms with Crippen molar-refractivity contribution in [3.63, 3.8) is 0 Å². The third-order valence-electron chi connectivity index (χ3n) is 9.16. The second kappa shape index (κ2) is 14.1. The molecule has 5 aromatic rings. The molecule has 1 aliphatic carbocycles. The molecular formula is C39H38BrN3O3S. The van der Waals surface area contributed by atoms with Gasteiger partial charge in [0.1, 0.15) is 18.0 Å². The number of aromatic nitrogens is 2. The van der Waals surface area contributed by atoms with Crippen LogP contribution in [0.3, 0.4) is 0 Å². The number of aryl methyl sites for hydroxylation is 1. The summed E-state index contributed by atoms with van der Waals surface area (Å²) in [7, 11) is 1.67. The van der Waals surface area contributed by atoms with Crippen molar-refractivity contribution < 1.29 is 14.2 Å². The number of rotatable bonds is 10. The van der Waals surface area contributed by atoms with Gasteiger partial charge in [0.25, 0.3) is 0 Å². The van der Waals surface area contributed by atoms with Gasteiger partial charge in [0.15, 0.2) is 5.16 Å². The molecule has 2 aliphatic rings. The van der Waals surface area contributed by atoms with Crippen LogP contribution in [0.4, 0.5) is 5.69 Å². The lowest BCUT2D eigenvalue weighted by Gasteiger charge is -2.43. The fourth-order valence-electron chi connectivity index (χ4n) is 6.79. The number of fused-ring (bicyclic) bond motifs is 3. The van der Waals surface area contributed by atoms with Crippen LogP contribution < -0.4 is 14.4 Å². The maximum atomic E-state index is 6.98. The van der Waals surface area contributed by atoms with Gasteiger partial charge in [0, 0.05) is 29.5 Å². The van der Waals surface area contributed by atoms with E-state index in [0.717, 1.165) is 59.4 Å². The third kappa shape index (κ3) is 6.77. The van der Waals surface area contributed by atoms with Gasteiger partial charge in [-0.05, 0) is 81.9 Å². The summed E-state index contributed by atoms with van der Waals surface area (Å²) in [4.78, 5) is 12.3. The number of benzene rings is 4. The van der Waals surface area contributed by atoms with Crippen LogP contribution in [0, 0.1) is 0 Å². The first kappa shape index (κ1) is 31.7. The van der Waals surface area contributed by atoms with Gasteiger partial charge in [-0.25, -0.2) is 4.98 Å². The summed E-state index contributed by atoms with van der Waals surface area (Å²) in [5.74, 6) is 1.42. The molecule has 0 unspecified atom stereocenters. The molecule has 1 atom stereocenters. The average molecular weight is 709 g/mol. The summed E-state index contributed by atoms with van der Waals surface area (Å²) in [6, 6.07) is 33.9. The van der Waals surface area contributed by atoms with Gasteiger partial charge in [0.2, 0.25) is 5.88 Å². The summed E-state index contributed by atoms with van der Waals surface area (Å²) in [6.45, 7) is 2.39. The molecule has 1 aromatic heterocycles. The van der Waals surface area contributed by atoms with E-state index < -0.39 is 5.60 Å². The molecule has 47 heavy (non-hydrogen) atoms. The first-order valence-electron chi connectivity index (χ1n) is 16.0. The molecule has 6 nitrogen and oxygen atoms in total. The number of thioether (sulfide) groups is 1. The summed E-state index contributed by atoms with van der Waals surface area (Å²) in [5, 5.41) is 0.714. The molecule has 0 saturated carbocycles. The van der Waals surface area contributed by atoms with Gasteiger partial charge in [0.05, 0.1) is 30.7 Å². The van der Waals surface area contributed by atoms with Gasteiger partial charge in [-0.15, -0.1) is 0 Å². The Labute approximate surface area is 289 Å². The van der Waals surface area contributed by atoms with E-state index in [9.17, 15) is 0 Å². The van der Waals surface area contributed by atoms with Gasteiger partial charge >= 0.3 is 0 Å². The molecule has 0 N–H and O–H groups in total. The highest BCUT2D eigenvalue weighted by Crippen LogP contribution is 2.50. The Kier molecular flexibility index (Phi) is 9.52. The molecule has 1 aliphatic heterocycles. The fraction of sp³-hybridized carbons (Fsp3) is 0.282. The largest absolute Gasteiger partial charge is 0.497 e. The van der Waals surface area contributed by atoms with Crippen molar-refractivity contribution in [1.29, 1.82) is 0 Å². The third-order valence-corrected chi connectivity index (χ3v) is 10.5. The summed E-state index contributed by atoms with van der Waals surface area (Å²) < 4.78 is 19.7. The molecule has 0 saturated heterocycles. The second-order valence-corrected chi connectivity index (χ2v) is 13.7. The Morgan fingerprint density at radius 1 is 0.872 bits per heavy atom. The maximum Gasteiger partial charge on any atom is 0.223 e. The SMILES string of the molecule is COc1ccc(COc2nc(SC)nc3c2CO[C@@]2(CCCc4ccc(N(Cc5ccccc5)Cc5ccccc5)c(Br)c42)C3)cc1. The Hall–Kier alpha value is -3.85. The molecule has 4 aromatic carbocycles. The zero-order valence-electron chi connectivity index (χ0n) is 26.7. The van der Waals surface area contributed by atoms with Crippen molar-refractivity contribution >= 4 is 33.4 Å². The van der Waals surface area contributed by atoms with Crippen LogP contribution in [-0.2, 0) is 49.5 Å². The number of hydrogen-bond donors (Lipinski definition) is 0. The lowest BCUT2D eigenvalue weighted by Crippen LogP contribution is -2.40. The monoisotopic (exact) mass is 707 g/mol. The Morgan fingerprint density at radius 3 is 2.23 bits per heavy atom. The van der Waals surface area contributed by atoms with Crippen molar-refractivity contribution in [1.82, 2.24) is 9.97 Å². The number of halogens is 1. The molecule has 0 radical (unpaired) electrons. The Morgan fingerprint density at radius 2 is 1.57 bits per heavy atom. The normalized spacial score (nSPS) is 16.7. The van der Waals surface area contributed by atoms with Crippen LogP contribution >= 0.6 is 27.7 Å². The quantitative estimate of drug-likeness (QED) is 0.106. The van der Waals surface area contributed by atoms with E-state index in [1.54, 1.807) is 7.11 Å². The molecule has 2 heterocycles. The average Bonchev–Trinajstić information content (AvgIpc) is 3.11. The predicted molar refractivity (Wildman–Crippen MR) is 191 cm³/mol. The second-order valence-electron chi connectivity index (χ2n) is 12.2. The van der Waals surface area contributed by atoms with Crippen LogP contribution in [0.1, 0.15) is 51.9 Å². The highest BCUT2D eigenvalue weighted by atomic mass is 79.9. The standard InChI is InChI=1S/C39H38BrN3O3S/c1-44-31-18-15-29(16-19-31)25-45-37-32-26-46-39(22-33(32)41-38(42-37)47-2)21-9-14-30-17-20-34(36(40)35(30)39)43(23-27-10-5-3-6-11-27)24-28-12-7-4-8-13-28/h3-8,10-13,15-20H,9,14,21-26H2,1-2H3/t39-/m0/s1. The molecular weight excluding hydrogens is 670 g/mol. The van der Waals surface area contributed by atoms with Gasteiger partial charge < -0.3 is 19.1 Å². The lowest BCUT2D eigenvalue weighted by molar-refractivity contribution is -0.0872. The highest BCUT2D eigenvalue weighted by molar-refractivity contribution is 9.10. The number of hydrogen-bond acceptors (Lipinski definition) is 7. The number of methoxy groups -OCH3 is 1. The van der Waals surface area contributed by atoms with Crippen LogP contribution in [0.2, 0.25) is 0 Å². The predicted octanol–water partition coefficient (Wildman–Crippen LogP) is 9.06. The Balaban J connectivity index is 1.23. The van der Waals surface area contributed by atoms with Crippen LogP contribution in [-0.4, -0.2) is 23.3 Å². The molecule has 7 rings (SSSR count). The van der Waals surface area contributed by atoms with E-state index in [1.165, 1.54) is 39.7 Å². The topological polar surface area (TPSA) is 56.7 Å². The van der Waals surface area contributed by atoms with Crippen molar-refractivity contribution in [3.8, 4) is 11.6 Å². The van der Waals surface area contributed by atoms with E-state index in [0.29, 0.717) is 30.7 Å². The van der Waals surface area contributed by atoms with Gasteiger partial charge in [-0.3, -0.25) is 0 Å². The lowest BCUT2D eigenvalue weighted by atomic mass is 9.74.